The highest BCUT2D eigenvalue weighted by Gasteiger charge is 2.08. The third-order valence-corrected chi connectivity index (χ3v) is 3.27. The maximum atomic E-state index is 4.56. The molecule has 0 aliphatic carbocycles. The predicted molar refractivity (Wildman–Crippen MR) is 77.9 cm³/mol. The van der Waals surface area contributed by atoms with E-state index in [4.69, 9.17) is 0 Å². The Bertz CT molecular complexity index is 509. The molecule has 18 heavy (non-hydrogen) atoms. The second-order valence-corrected chi connectivity index (χ2v) is 5.37. The average Bonchev–Trinajstić information content (AvgIpc) is 2.39. The number of benzene rings is 1. The largest absolute Gasteiger partial charge is 0.260 e. The molecule has 0 saturated heterocycles. The minimum atomic E-state index is 0.486. The van der Waals surface area contributed by atoms with E-state index in [1.54, 1.807) is 0 Å². The van der Waals surface area contributed by atoms with Crippen molar-refractivity contribution in [2.24, 2.45) is 0 Å². The third kappa shape index (κ3) is 2.61. The summed E-state index contributed by atoms with van der Waals surface area (Å²) in [5.74, 6) is 1.02. The number of hydrogen-bond donors (Lipinski definition) is 0. The van der Waals surface area contributed by atoms with E-state index >= 15 is 0 Å². The van der Waals surface area contributed by atoms with Gasteiger partial charge in [0.25, 0.3) is 0 Å². The van der Waals surface area contributed by atoms with Crippen molar-refractivity contribution < 1.29 is 0 Å². The summed E-state index contributed by atoms with van der Waals surface area (Å²) in [5, 5.41) is 0. The van der Waals surface area contributed by atoms with E-state index in [1.807, 2.05) is 6.20 Å². The fourth-order valence-corrected chi connectivity index (χ4v) is 2.17. The Hall–Kier alpha value is -1.63. The molecule has 0 bridgehead atoms. The molecule has 1 aromatic heterocycles. The van der Waals surface area contributed by atoms with E-state index in [2.05, 4.69) is 69.1 Å². The molecule has 0 aliphatic rings. The van der Waals surface area contributed by atoms with Crippen LogP contribution in [0.1, 0.15) is 50.8 Å². The van der Waals surface area contributed by atoms with Crippen LogP contribution in [0.4, 0.5) is 0 Å². The van der Waals surface area contributed by atoms with Gasteiger partial charge in [0.15, 0.2) is 0 Å². The molecule has 1 aromatic carbocycles. The molecule has 1 heteroatoms. The van der Waals surface area contributed by atoms with Crippen LogP contribution in [-0.4, -0.2) is 4.98 Å². The first-order valence-electron chi connectivity index (χ1n) is 6.65. The molecule has 0 aliphatic heterocycles. The van der Waals surface area contributed by atoms with E-state index in [-0.39, 0.29) is 0 Å². The van der Waals surface area contributed by atoms with Gasteiger partial charge in [-0.15, -0.1) is 0 Å². The van der Waals surface area contributed by atoms with Crippen LogP contribution < -0.4 is 0 Å². The molecule has 0 spiro atoms. The second kappa shape index (κ2) is 5.34. The molecule has 1 heterocycles. The van der Waals surface area contributed by atoms with Crippen molar-refractivity contribution in [1.29, 1.82) is 0 Å². The van der Waals surface area contributed by atoms with Crippen LogP contribution in [0.5, 0.6) is 0 Å². The molecule has 1 nitrogen and oxygen atoms in total. The van der Waals surface area contributed by atoms with E-state index in [9.17, 15) is 0 Å². The molecule has 2 aromatic rings. The predicted octanol–water partition coefficient (Wildman–Crippen LogP) is 5.00. The number of rotatable bonds is 3. The molecule has 94 valence electrons. The van der Waals surface area contributed by atoms with Crippen LogP contribution in [0.3, 0.4) is 0 Å². The number of aromatic nitrogens is 1. The Morgan fingerprint density at radius 1 is 0.833 bits per heavy atom. The third-order valence-electron chi connectivity index (χ3n) is 3.27. The van der Waals surface area contributed by atoms with Crippen LogP contribution in [0.15, 0.2) is 42.6 Å². The number of nitrogens with zero attached hydrogens (tertiary/aromatic N) is 1. The lowest BCUT2D eigenvalue weighted by atomic mass is 9.93. The zero-order chi connectivity index (χ0) is 13.1. The van der Waals surface area contributed by atoms with Crippen molar-refractivity contribution in [1.82, 2.24) is 4.98 Å². The summed E-state index contributed by atoms with van der Waals surface area (Å²) in [4.78, 5) is 4.56. The quantitative estimate of drug-likeness (QED) is 0.735. The van der Waals surface area contributed by atoms with E-state index in [1.165, 1.54) is 16.7 Å². The van der Waals surface area contributed by atoms with Gasteiger partial charge in [-0.05, 0) is 29.0 Å². The van der Waals surface area contributed by atoms with Gasteiger partial charge in [0.2, 0.25) is 0 Å². The molecule has 0 unspecified atom stereocenters. The van der Waals surface area contributed by atoms with Gasteiger partial charge in [-0.3, -0.25) is 4.98 Å². The lowest BCUT2D eigenvalue weighted by Crippen LogP contribution is -1.95. The summed E-state index contributed by atoms with van der Waals surface area (Å²) >= 11 is 0. The van der Waals surface area contributed by atoms with Crippen molar-refractivity contribution in [2.75, 3.05) is 0 Å². The zero-order valence-electron chi connectivity index (χ0n) is 11.6. The number of pyridine rings is 1. The minimum Gasteiger partial charge on any atom is -0.260 e. The highest BCUT2D eigenvalue weighted by Crippen LogP contribution is 2.29. The Morgan fingerprint density at radius 3 is 2.11 bits per heavy atom. The van der Waals surface area contributed by atoms with Gasteiger partial charge in [0.05, 0.1) is 0 Å². The fourth-order valence-electron chi connectivity index (χ4n) is 2.17. The molecule has 0 atom stereocenters. The summed E-state index contributed by atoms with van der Waals surface area (Å²) in [5.41, 5.74) is 5.05. The van der Waals surface area contributed by atoms with E-state index < -0.39 is 0 Å². The van der Waals surface area contributed by atoms with E-state index in [0.29, 0.717) is 11.8 Å². The lowest BCUT2D eigenvalue weighted by molar-refractivity contribution is 0.823. The molecular weight excluding hydrogens is 218 g/mol. The Morgan fingerprint density at radius 2 is 1.56 bits per heavy atom. The van der Waals surface area contributed by atoms with Gasteiger partial charge in [0.1, 0.15) is 0 Å². The van der Waals surface area contributed by atoms with Gasteiger partial charge < -0.3 is 0 Å². The highest BCUT2D eigenvalue weighted by molar-refractivity contribution is 5.67. The molecule has 2 rings (SSSR count). The lowest BCUT2D eigenvalue weighted by Gasteiger charge is -2.13. The normalized spacial score (nSPS) is 11.2. The Labute approximate surface area is 110 Å². The standard InChI is InChI=1S/C17H21N/c1-12(2)15-7-5-6-8-16(15)14-9-10-17(13(3)4)18-11-14/h5-13H,1-4H3. The minimum absolute atomic E-state index is 0.486. The van der Waals surface area contributed by atoms with Gasteiger partial charge in [-0.25, -0.2) is 0 Å². The molecular formula is C17H21N. The number of hydrogen-bond acceptors (Lipinski definition) is 1. The maximum Gasteiger partial charge on any atom is 0.0429 e. The van der Waals surface area contributed by atoms with Crippen LogP contribution in [0, 0.1) is 0 Å². The van der Waals surface area contributed by atoms with Gasteiger partial charge >= 0.3 is 0 Å². The van der Waals surface area contributed by atoms with Gasteiger partial charge in [0, 0.05) is 17.5 Å². The molecule has 0 fully saturated rings. The van der Waals surface area contributed by atoms with Gasteiger partial charge in [-0.1, -0.05) is 58.0 Å². The first kappa shape index (κ1) is 12.8. The molecule has 0 amide bonds. The fraction of sp³-hybridized carbons (Fsp3) is 0.353. The van der Waals surface area contributed by atoms with Crippen molar-refractivity contribution >= 4 is 0 Å². The van der Waals surface area contributed by atoms with Crippen molar-refractivity contribution in [3.8, 4) is 11.1 Å². The van der Waals surface area contributed by atoms with Crippen LogP contribution >= 0.6 is 0 Å². The summed E-state index contributed by atoms with van der Waals surface area (Å²) in [6.45, 7) is 8.80. The van der Waals surface area contributed by atoms with Crippen molar-refractivity contribution in [3.05, 3.63) is 53.9 Å². The van der Waals surface area contributed by atoms with Crippen molar-refractivity contribution in [3.63, 3.8) is 0 Å². The van der Waals surface area contributed by atoms with Crippen LogP contribution in [-0.2, 0) is 0 Å². The summed E-state index contributed by atoms with van der Waals surface area (Å²) < 4.78 is 0. The monoisotopic (exact) mass is 239 g/mol. The topological polar surface area (TPSA) is 12.9 Å². The summed E-state index contributed by atoms with van der Waals surface area (Å²) in [6, 6.07) is 12.9. The Kier molecular flexibility index (Phi) is 3.81. The average molecular weight is 239 g/mol. The molecule has 0 radical (unpaired) electrons. The zero-order valence-corrected chi connectivity index (χ0v) is 11.6. The second-order valence-electron chi connectivity index (χ2n) is 5.37. The SMILES string of the molecule is CC(C)c1ccc(-c2ccccc2C(C)C)cn1. The smallest absolute Gasteiger partial charge is 0.0429 e. The maximum absolute atomic E-state index is 4.56. The summed E-state index contributed by atoms with van der Waals surface area (Å²) in [6.07, 6.45) is 2.00. The first-order valence-corrected chi connectivity index (χ1v) is 6.65. The van der Waals surface area contributed by atoms with Crippen LogP contribution in [0.2, 0.25) is 0 Å². The molecule has 0 N–H and O–H groups in total. The van der Waals surface area contributed by atoms with Crippen molar-refractivity contribution in [2.45, 2.75) is 39.5 Å². The van der Waals surface area contributed by atoms with Gasteiger partial charge in [-0.2, -0.15) is 0 Å². The first-order chi connectivity index (χ1) is 8.59. The van der Waals surface area contributed by atoms with E-state index in [0.717, 1.165) is 5.69 Å². The highest BCUT2D eigenvalue weighted by atomic mass is 14.7. The van der Waals surface area contributed by atoms with Crippen LogP contribution in [0.25, 0.3) is 11.1 Å². The summed E-state index contributed by atoms with van der Waals surface area (Å²) in [7, 11) is 0. The molecule has 0 saturated carbocycles. The Balaban J connectivity index is 2.43.